The summed E-state index contributed by atoms with van der Waals surface area (Å²) < 4.78 is 8.55. The van der Waals surface area contributed by atoms with Gasteiger partial charge in [-0.2, -0.15) is 0 Å². The normalized spacial score (nSPS) is 22.4. The van der Waals surface area contributed by atoms with E-state index in [9.17, 15) is 4.79 Å². The number of likely N-dealkylation sites (tertiary alicyclic amines) is 2. The summed E-state index contributed by atoms with van der Waals surface area (Å²) in [6.45, 7) is 5.25. The maximum absolute atomic E-state index is 13.7. The fraction of sp³-hybridized carbons (Fsp3) is 0.444. The minimum atomic E-state index is -0.233. The Morgan fingerprint density at radius 2 is 1.97 bits per heavy atom. The van der Waals surface area contributed by atoms with Crippen LogP contribution in [0.15, 0.2) is 48.7 Å². The van der Waals surface area contributed by atoms with Gasteiger partial charge in [-0.25, -0.2) is 0 Å². The van der Waals surface area contributed by atoms with Crippen molar-refractivity contribution in [3.63, 3.8) is 0 Å². The standard InChI is InChI=1S/C27H30ClN3O2/c1-29-11-8-19(15-29)16-31-17-23(22-7-6-21(28)14-25(22)31)26(32)30-12-9-27(10-13-30)24-5-3-2-4-20(24)18-33-27/h2-7,14,17,19H,8-13,15-16,18H2,1H3/t19-/m1/s1. The number of aromatic nitrogens is 1. The second kappa shape index (κ2) is 8.15. The summed E-state index contributed by atoms with van der Waals surface area (Å²) in [6, 6.07) is 14.4. The van der Waals surface area contributed by atoms with Crippen molar-refractivity contribution in [1.29, 1.82) is 0 Å². The Bertz CT molecular complexity index is 1210. The Balaban J connectivity index is 1.25. The monoisotopic (exact) mass is 463 g/mol. The van der Waals surface area contributed by atoms with Gasteiger partial charge in [0.2, 0.25) is 0 Å². The van der Waals surface area contributed by atoms with Crippen molar-refractivity contribution in [2.45, 2.75) is 38.0 Å². The number of nitrogens with zero attached hydrogens (tertiary/aromatic N) is 3. The molecule has 4 heterocycles. The predicted octanol–water partition coefficient (Wildman–Crippen LogP) is 4.91. The summed E-state index contributed by atoms with van der Waals surface area (Å²) in [6.07, 6.45) is 4.94. The van der Waals surface area contributed by atoms with Crippen LogP contribution in [-0.4, -0.2) is 53.5 Å². The first-order valence-corrected chi connectivity index (χ1v) is 12.4. The van der Waals surface area contributed by atoms with Crippen molar-refractivity contribution >= 4 is 28.4 Å². The van der Waals surface area contributed by atoms with Crippen molar-refractivity contribution in [1.82, 2.24) is 14.4 Å². The van der Waals surface area contributed by atoms with E-state index in [2.05, 4.69) is 47.0 Å². The van der Waals surface area contributed by atoms with Crippen LogP contribution in [0.25, 0.3) is 10.9 Å². The van der Waals surface area contributed by atoms with E-state index >= 15 is 0 Å². The molecule has 0 radical (unpaired) electrons. The average Bonchev–Trinajstić information content (AvgIpc) is 3.51. The number of hydrogen-bond donors (Lipinski definition) is 0. The van der Waals surface area contributed by atoms with E-state index in [4.69, 9.17) is 16.3 Å². The molecule has 3 aromatic rings. The lowest BCUT2D eigenvalue weighted by atomic mass is 9.83. The largest absolute Gasteiger partial charge is 0.365 e. The van der Waals surface area contributed by atoms with Crippen LogP contribution < -0.4 is 0 Å². The number of hydrogen-bond acceptors (Lipinski definition) is 3. The molecule has 172 valence electrons. The number of fused-ring (bicyclic) bond motifs is 3. The first-order chi connectivity index (χ1) is 16.0. The summed E-state index contributed by atoms with van der Waals surface area (Å²) in [5.74, 6) is 0.715. The zero-order valence-corrected chi connectivity index (χ0v) is 19.9. The van der Waals surface area contributed by atoms with E-state index in [1.54, 1.807) is 0 Å². The van der Waals surface area contributed by atoms with Crippen LogP contribution in [0.4, 0.5) is 0 Å². The Labute approximate surface area is 199 Å². The highest BCUT2D eigenvalue weighted by atomic mass is 35.5. The molecule has 33 heavy (non-hydrogen) atoms. The number of carbonyl (C=O) groups is 1. The fourth-order valence-corrected chi connectivity index (χ4v) is 6.25. The number of ether oxygens (including phenoxy) is 1. The third-order valence-electron chi connectivity index (χ3n) is 7.89. The van der Waals surface area contributed by atoms with E-state index in [0.29, 0.717) is 30.6 Å². The van der Waals surface area contributed by atoms with E-state index in [1.165, 1.54) is 17.5 Å². The van der Waals surface area contributed by atoms with E-state index < -0.39 is 0 Å². The van der Waals surface area contributed by atoms with Gasteiger partial charge in [-0.05, 0) is 62.0 Å². The minimum Gasteiger partial charge on any atom is -0.365 e. The number of halogens is 1. The van der Waals surface area contributed by atoms with Gasteiger partial charge in [0.05, 0.1) is 23.3 Å². The molecule has 1 aromatic heterocycles. The highest BCUT2D eigenvalue weighted by Gasteiger charge is 2.43. The van der Waals surface area contributed by atoms with Crippen LogP contribution in [0.5, 0.6) is 0 Å². The predicted molar refractivity (Wildman–Crippen MR) is 131 cm³/mol. The van der Waals surface area contributed by atoms with Crippen LogP contribution in [0.1, 0.15) is 40.7 Å². The van der Waals surface area contributed by atoms with Gasteiger partial charge in [0.15, 0.2) is 0 Å². The van der Waals surface area contributed by atoms with Crippen LogP contribution in [0.2, 0.25) is 5.02 Å². The highest BCUT2D eigenvalue weighted by Crippen LogP contribution is 2.44. The lowest BCUT2D eigenvalue weighted by Gasteiger charge is -2.39. The van der Waals surface area contributed by atoms with Gasteiger partial charge >= 0.3 is 0 Å². The molecule has 1 amide bonds. The van der Waals surface area contributed by atoms with Crippen LogP contribution in [-0.2, 0) is 23.5 Å². The van der Waals surface area contributed by atoms with Crippen LogP contribution in [0, 0.1) is 5.92 Å². The molecular formula is C27H30ClN3O2. The first-order valence-electron chi connectivity index (χ1n) is 12.0. The number of benzene rings is 2. The molecule has 0 saturated carbocycles. The second-order valence-corrected chi connectivity index (χ2v) is 10.4. The lowest BCUT2D eigenvalue weighted by molar-refractivity contribution is -0.0741. The van der Waals surface area contributed by atoms with Crippen molar-refractivity contribution in [2.75, 3.05) is 33.2 Å². The zero-order valence-electron chi connectivity index (χ0n) is 19.1. The van der Waals surface area contributed by atoms with Crippen molar-refractivity contribution in [2.24, 2.45) is 5.92 Å². The fourth-order valence-electron chi connectivity index (χ4n) is 6.08. The van der Waals surface area contributed by atoms with Gasteiger partial charge in [-0.1, -0.05) is 41.9 Å². The third kappa shape index (κ3) is 3.67. The van der Waals surface area contributed by atoms with Gasteiger partial charge in [-0.3, -0.25) is 4.79 Å². The molecule has 0 bridgehead atoms. The molecule has 3 aliphatic rings. The molecule has 1 spiro atoms. The summed E-state index contributed by atoms with van der Waals surface area (Å²) in [7, 11) is 2.18. The first kappa shape index (κ1) is 21.2. The molecule has 0 aliphatic carbocycles. The molecule has 0 unspecified atom stereocenters. The third-order valence-corrected chi connectivity index (χ3v) is 8.12. The van der Waals surface area contributed by atoms with E-state index in [1.807, 2.05) is 23.1 Å². The Kier molecular flexibility index (Phi) is 5.24. The number of piperidine rings is 1. The van der Waals surface area contributed by atoms with Gasteiger partial charge < -0.3 is 19.1 Å². The quantitative estimate of drug-likeness (QED) is 0.554. The van der Waals surface area contributed by atoms with Gasteiger partial charge in [0.25, 0.3) is 5.91 Å². The van der Waals surface area contributed by atoms with E-state index in [0.717, 1.165) is 48.9 Å². The molecule has 0 N–H and O–H groups in total. The second-order valence-electron chi connectivity index (χ2n) is 10.0. The SMILES string of the molecule is CN1CC[C@@H](Cn2cc(C(=O)N3CCC4(CC3)OCc3ccccc34)c3ccc(Cl)cc32)C1. The Morgan fingerprint density at radius 3 is 2.76 bits per heavy atom. The zero-order chi connectivity index (χ0) is 22.6. The summed E-state index contributed by atoms with van der Waals surface area (Å²) >= 11 is 6.35. The topological polar surface area (TPSA) is 37.7 Å². The molecule has 3 aliphatic heterocycles. The number of amides is 1. The Morgan fingerprint density at radius 1 is 1.15 bits per heavy atom. The molecule has 2 fully saturated rings. The maximum Gasteiger partial charge on any atom is 0.256 e. The van der Waals surface area contributed by atoms with Gasteiger partial charge in [0.1, 0.15) is 0 Å². The number of rotatable bonds is 3. The van der Waals surface area contributed by atoms with Crippen molar-refractivity contribution < 1.29 is 9.53 Å². The highest BCUT2D eigenvalue weighted by molar-refractivity contribution is 6.31. The average molecular weight is 464 g/mol. The van der Waals surface area contributed by atoms with Crippen LogP contribution in [0.3, 0.4) is 0 Å². The molecule has 5 nitrogen and oxygen atoms in total. The summed E-state index contributed by atoms with van der Waals surface area (Å²) in [5, 5.41) is 1.71. The lowest BCUT2D eigenvalue weighted by Crippen LogP contribution is -2.45. The molecule has 2 aromatic carbocycles. The summed E-state index contributed by atoms with van der Waals surface area (Å²) in [5.41, 5.74) is 4.21. The minimum absolute atomic E-state index is 0.116. The van der Waals surface area contributed by atoms with Gasteiger partial charge in [-0.15, -0.1) is 0 Å². The van der Waals surface area contributed by atoms with Crippen molar-refractivity contribution in [3.05, 3.63) is 70.4 Å². The van der Waals surface area contributed by atoms with E-state index in [-0.39, 0.29) is 11.5 Å². The van der Waals surface area contributed by atoms with Crippen LogP contribution >= 0.6 is 11.6 Å². The van der Waals surface area contributed by atoms with Crippen molar-refractivity contribution in [3.8, 4) is 0 Å². The molecule has 1 atom stereocenters. The summed E-state index contributed by atoms with van der Waals surface area (Å²) in [4.78, 5) is 18.1. The van der Waals surface area contributed by atoms with Gasteiger partial charge in [0, 0.05) is 42.8 Å². The smallest absolute Gasteiger partial charge is 0.256 e. The molecule has 6 heteroatoms. The number of carbonyl (C=O) groups excluding carboxylic acids is 1. The Hall–Kier alpha value is -2.34. The maximum atomic E-state index is 13.7. The molecule has 6 rings (SSSR count). The molecule has 2 saturated heterocycles. The molecular weight excluding hydrogens is 434 g/mol.